The van der Waals surface area contributed by atoms with E-state index in [-0.39, 0.29) is 11.9 Å². The van der Waals surface area contributed by atoms with Crippen LogP contribution in [0.15, 0.2) is 24.4 Å². The van der Waals surface area contributed by atoms with Crippen molar-refractivity contribution in [1.29, 1.82) is 0 Å². The molecule has 1 fully saturated rings. The molecular weight excluding hydrogens is 310 g/mol. The number of rotatable bonds is 7. The number of pyridine rings is 1. The van der Waals surface area contributed by atoms with Gasteiger partial charge < -0.3 is 5.32 Å². The molecule has 6 nitrogen and oxygen atoms in total. The molecule has 1 aliphatic rings. The summed E-state index contributed by atoms with van der Waals surface area (Å²) in [5.74, 6) is 0.548. The highest BCUT2D eigenvalue weighted by Crippen LogP contribution is 2.42. The predicted octanol–water partition coefficient (Wildman–Crippen LogP) is 2.83. The molecule has 122 valence electrons. The summed E-state index contributed by atoms with van der Waals surface area (Å²) in [5.41, 5.74) is 1.01. The third kappa shape index (κ3) is 4.33. The Morgan fingerprint density at radius 1 is 1.43 bits per heavy atom. The quantitative estimate of drug-likeness (QED) is 0.845. The number of amides is 1. The van der Waals surface area contributed by atoms with Crippen LogP contribution in [-0.4, -0.2) is 39.6 Å². The van der Waals surface area contributed by atoms with Gasteiger partial charge in [0.1, 0.15) is 5.01 Å². The van der Waals surface area contributed by atoms with Crippen molar-refractivity contribution in [2.45, 2.75) is 38.1 Å². The summed E-state index contributed by atoms with van der Waals surface area (Å²) in [7, 11) is 2.00. The topological polar surface area (TPSA) is 71.0 Å². The summed E-state index contributed by atoms with van der Waals surface area (Å²) in [6.07, 6.45) is 4.60. The van der Waals surface area contributed by atoms with Crippen molar-refractivity contribution in [1.82, 2.24) is 20.1 Å². The lowest BCUT2D eigenvalue weighted by Crippen LogP contribution is -2.27. The van der Waals surface area contributed by atoms with E-state index in [1.54, 1.807) is 6.20 Å². The van der Waals surface area contributed by atoms with Crippen LogP contribution >= 0.6 is 11.3 Å². The van der Waals surface area contributed by atoms with Gasteiger partial charge in [0.2, 0.25) is 11.0 Å². The molecule has 0 aromatic carbocycles. The summed E-state index contributed by atoms with van der Waals surface area (Å²) >= 11 is 1.49. The van der Waals surface area contributed by atoms with Crippen molar-refractivity contribution in [2.24, 2.45) is 0 Å². The average molecular weight is 331 g/mol. The van der Waals surface area contributed by atoms with Crippen LogP contribution in [0.2, 0.25) is 0 Å². The Bertz CT molecular complexity index is 656. The number of carbonyl (C=O) groups is 1. The molecule has 2 aromatic heterocycles. The molecule has 7 heteroatoms. The number of nitrogens with zero attached hydrogens (tertiary/aromatic N) is 4. The molecule has 1 saturated carbocycles. The highest BCUT2D eigenvalue weighted by Gasteiger charge is 2.27. The molecule has 2 aromatic rings. The van der Waals surface area contributed by atoms with Crippen LogP contribution in [0.5, 0.6) is 0 Å². The minimum Gasteiger partial charge on any atom is -0.300 e. The second-order valence-electron chi connectivity index (χ2n) is 5.93. The molecule has 2 heterocycles. The number of nitrogens with one attached hydrogen (secondary N) is 1. The predicted molar refractivity (Wildman–Crippen MR) is 90.4 cm³/mol. The van der Waals surface area contributed by atoms with Gasteiger partial charge in [0.15, 0.2) is 0 Å². The Morgan fingerprint density at radius 2 is 2.26 bits per heavy atom. The molecular formula is C16H21N5OS. The van der Waals surface area contributed by atoms with Crippen LogP contribution in [0.25, 0.3) is 0 Å². The standard InChI is InChI=1S/C16H21N5OS/c1-11(13-5-3-4-9-17-13)21(2)10-8-14(22)18-16-20-19-15(23-16)12-6-7-12/h3-5,9,11-12H,6-8,10H2,1-2H3,(H,18,20,22)/t11-/m1/s1. The highest BCUT2D eigenvalue weighted by molar-refractivity contribution is 7.15. The van der Waals surface area contributed by atoms with Gasteiger partial charge in [-0.05, 0) is 38.9 Å². The zero-order valence-electron chi connectivity index (χ0n) is 13.4. The Morgan fingerprint density at radius 3 is 2.96 bits per heavy atom. The Kier molecular flexibility index (Phi) is 4.97. The van der Waals surface area contributed by atoms with E-state index in [0.29, 0.717) is 24.0 Å². The van der Waals surface area contributed by atoms with Crippen molar-refractivity contribution < 1.29 is 4.79 Å². The molecule has 0 spiro atoms. The van der Waals surface area contributed by atoms with E-state index in [0.717, 1.165) is 10.7 Å². The first-order valence-corrected chi connectivity index (χ1v) is 8.69. The first kappa shape index (κ1) is 16.0. The van der Waals surface area contributed by atoms with Crippen LogP contribution in [0.1, 0.15) is 48.8 Å². The van der Waals surface area contributed by atoms with Crippen molar-refractivity contribution in [2.75, 3.05) is 18.9 Å². The first-order chi connectivity index (χ1) is 11.1. The third-order valence-corrected chi connectivity index (χ3v) is 5.08. The van der Waals surface area contributed by atoms with Gasteiger partial charge >= 0.3 is 0 Å². The molecule has 1 atom stereocenters. The number of carbonyl (C=O) groups excluding carboxylic acids is 1. The van der Waals surface area contributed by atoms with E-state index in [1.165, 1.54) is 24.2 Å². The maximum atomic E-state index is 12.1. The minimum atomic E-state index is -0.0245. The molecule has 0 radical (unpaired) electrons. The summed E-state index contributed by atoms with van der Waals surface area (Å²) in [5, 5.41) is 12.7. The summed E-state index contributed by atoms with van der Waals surface area (Å²) < 4.78 is 0. The van der Waals surface area contributed by atoms with Crippen LogP contribution in [0, 0.1) is 0 Å². The number of hydrogen-bond acceptors (Lipinski definition) is 6. The summed E-state index contributed by atoms with van der Waals surface area (Å²) in [6, 6.07) is 6.06. The lowest BCUT2D eigenvalue weighted by molar-refractivity contribution is -0.116. The minimum absolute atomic E-state index is 0.0245. The van der Waals surface area contributed by atoms with Crippen molar-refractivity contribution in [3.63, 3.8) is 0 Å². The largest absolute Gasteiger partial charge is 0.300 e. The first-order valence-electron chi connectivity index (χ1n) is 7.88. The molecule has 0 aliphatic heterocycles. The van der Waals surface area contributed by atoms with E-state index in [2.05, 4.69) is 32.3 Å². The second kappa shape index (κ2) is 7.14. The van der Waals surface area contributed by atoms with E-state index >= 15 is 0 Å². The second-order valence-corrected chi connectivity index (χ2v) is 6.94. The fourth-order valence-electron chi connectivity index (χ4n) is 2.28. The molecule has 1 N–H and O–H groups in total. The van der Waals surface area contributed by atoms with Crippen molar-refractivity contribution >= 4 is 22.4 Å². The molecule has 0 bridgehead atoms. The van der Waals surface area contributed by atoms with Gasteiger partial charge in [-0.3, -0.25) is 14.7 Å². The van der Waals surface area contributed by atoms with Gasteiger partial charge in [-0.15, -0.1) is 10.2 Å². The van der Waals surface area contributed by atoms with Crippen LogP contribution in [0.3, 0.4) is 0 Å². The van der Waals surface area contributed by atoms with Gasteiger partial charge in [-0.1, -0.05) is 17.4 Å². The van der Waals surface area contributed by atoms with Gasteiger partial charge in [0.25, 0.3) is 0 Å². The molecule has 1 amide bonds. The molecule has 0 unspecified atom stereocenters. The molecule has 0 saturated heterocycles. The zero-order chi connectivity index (χ0) is 16.2. The Balaban J connectivity index is 1.46. The Hall–Kier alpha value is -1.86. The molecule has 1 aliphatic carbocycles. The van der Waals surface area contributed by atoms with Crippen molar-refractivity contribution in [3.05, 3.63) is 35.1 Å². The highest BCUT2D eigenvalue weighted by atomic mass is 32.1. The van der Waals surface area contributed by atoms with Crippen LogP contribution in [-0.2, 0) is 4.79 Å². The Labute approximate surface area is 140 Å². The van der Waals surface area contributed by atoms with Crippen LogP contribution < -0.4 is 5.32 Å². The van der Waals surface area contributed by atoms with Gasteiger partial charge in [-0.25, -0.2) is 0 Å². The monoisotopic (exact) mass is 331 g/mol. The van der Waals surface area contributed by atoms with Crippen LogP contribution in [0.4, 0.5) is 5.13 Å². The fraction of sp³-hybridized carbons (Fsp3) is 0.500. The van der Waals surface area contributed by atoms with E-state index in [1.807, 2.05) is 25.2 Å². The fourth-order valence-corrected chi connectivity index (χ4v) is 3.21. The van der Waals surface area contributed by atoms with Gasteiger partial charge in [0.05, 0.1) is 5.69 Å². The molecule has 3 rings (SSSR count). The third-order valence-electron chi connectivity index (χ3n) is 4.08. The summed E-state index contributed by atoms with van der Waals surface area (Å²) in [6.45, 7) is 2.75. The smallest absolute Gasteiger partial charge is 0.227 e. The average Bonchev–Trinajstić information content (AvgIpc) is 3.33. The maximum Gasteiger partial charge on any atom is 0.227 e. The van der Waals surface area contributed by atoms with E-state index in [9.17, 15) is 4.79 Å². The maximum absolute atomic E-state index is 12.1. The normalized spacial score (nSPS) is 15.6. The van der Waals surface area contributed by atoms with E-state index < -0.39 is 0 Å². The lowest BCUT2D eigenvalue weighted by Gasteiger charge is -2.23. The number of hydrogen-bond donors (Lipinski definition) is 1. The summed E-state index contributed by atoms with van der Waals surface area (Å²) in [4.78, 5) is 18.5. The lowest BCUT2D eigenvalue weighted by atomic mass is 10.2. The zero-order valence-corrected chi connectivity index (χ0v) is 14.2. The number of anilines is 1. The molecule has 23 heavy (non-hydrogen) atoms. The van der Waals surface area contributed by atoms with Crippen molar-refractivity contribution in [3.8, 4) is 0 Å². The van der Waals surface area contributed by atoms with Gasteiger partial charge in [0, 0.05) is 31.1 Å². The van der Waals surface area contributed by atoms with Gasteiger partial charge in [-0.2, -0.15) is 0 Å². The van der Waals surface area contributed by atoms with E-state index in [4.69, 9.17) is 0 Å². The SMILES string of the molecule is C[C@H](c1ccccn1)N(C)CCC(=O)Nc1nnc(C2CC2)s1. The number of aromatic nitrogens is 3.